The zero-order valence-electron chi connectivity index (χ0n) is 21.7. The van der Waals surface area contributed by atoms with Crippen molar-refractivity contribution in [2.24, 2.45) is 0 Å². The number of amides is 2. The van der Waals surface area contributed by atoms with Crippen LogP contribution in [0.3, 0.4) is 0 Å². The van der Waals surface area contributed by atoms with E-state index in [1.165, 1.54) is 19.3 Å². The van der Waals surface area contributed by atoms with Gasteiger partial charge in [-0.05, 0) is 66.9 Å². The summed E-state index contributed by atoms with van der Waals surface area (Å²) in [6.45, 7) is 4.13. The molecule has 0 unspecified atom stereocenters. The number of fused-ring (bicyclic) bond motifs is 1. The van der Waals surface area contributed by atoms with Gasteiger partial charge in [0, 0.05) is 47.9 Å². The topological polar surface area (TPSA) is 91.0 Å². The minimum atomic E-state index is -9.89. The molecule has 7 nitrogen and oxygen atoms in total. The largest absolute Gasteiger partial charge is 0.339 e. The average Bonchev–Trinajstić information content (AvgIpc) is 3.34. The fourth-order valence-corrected chi connectivity index (χ4v) is 5.29. The normalized spacial score (nSPS) is 15.7. The Labute approximate surface area is 230 Å². The Kier molecular flexibility index (Phi) is 6.26. The Hall–Kier alpha value is -4.33. The molecule has 0 aliphatic carbocycles. The summed E-state index contributed by atoms with van der Waals surface area (Å²) in [7, 11) is -9.89. The molecule has 2 N–H and O–H groups in total. The average molecular weight is 596 g/mol. The summed E-state index contributed by atoms with van der Waals surface area (Å²) in [5.74, 6) is -1.66. The van der Waals surface area contributed by atoms with Crippen LogP contribution in [0, 0.1) is 12.7 Å². The molecule has 14 heteroatoms. The minimum absolute atomic E-state index is 0.0172. The minimum Gasteiger partial charge on any atom is -0.339 e. The van der Waals surface area contributed by atoms with Gasteiger partial charge in [-0.15, -0.1) is 0 Å². The van der Waals surface area contributed by atoms with Crippen LogP contribution >= 0.6 is 10.2 Å². The lowest BCUT2D eigenvalue weighted by Crippen LogP contribution is -2.32. The zero-order valence-corrected chi connectivity index (χ0v) is 22.5. The molecule has 0 spiro atoms. The van der Waals surface area contributed by atoms with Crippen molar-refractivity contribution in [1.29, 1.82) is 0 Å². The lowest BCUT2D eigenvalue weighted by Gasteiger charge is -2.40. The molecule has 0 fully saturated rings. The van der Waals surface area contributed by atoms with Crippen LogP contribution in [-0.2, 0) is 4.79 Å². The number of nitrogens with one attached hydrogen (secondary N) is 2. The number of H-pyrrole nitrogens is 1. The van der Waals surface area contributed by atoms with Crippen LogP contribution in [0.25, 0.3) is 27.9 Å². The maximum atomic E-state index is 14.8. The summed E-state index contributed by atoms with van der Waals surface area (Å²) in [5, 5.41) is 3.02. The van der Waals surface area contributed by atoms with Crippen molar-refractivity contribution in [3.63, 3.8) is 0 Å². The van der Waals surface area contributed by atoms with Gasteiger partial charge < -0.3 is 15.2 Å². The van der Waals surface area contributed by atoms with Crippen LogP contribution in [-0.4, -0.2) is 44.8 Å². The molecule has 3 heterocycles. The van der Waals surface area contributed by atoms with Crippen molar-refractivity contribution in [2.75, 3.05) is 18.4 Å². The monoisotopic (exact) mass is 595 g/mol. The smallest absolute Gasteiger partial charge is 0.310 e. The van der Waals surface area contributed by atoms with Gasteiger partial charge in [0.15, 0.2) is 0 Å². The maximum Gasteiger partial charge on any atom is 0.310 e. The molecule has 5 rings (SSSR count). The summed E-state index contributed by atoms with van der Waals surface area (Å²) in [6, 6.07) is 5.62. The van der Waals surface area contributed by atoms with E-state index in [1.807, 2.05) is 12.1 Å². The summed E-state index contributed by atoms with van der Waals surface area (Å²) in [4.78, 5) is 35.8. The molecule has 1 aliphatic rings. The quantitative estimate of drug-likeness (QED) is 0.232. The third kappa shape index (κ3) is 5.78. The van der Waals surface area contributed by atoms with Gasteiger partial charge in [-0.25, -0.2) is 14.4 Å². The van der Waals surface area contributed by atoms with Crippen LogP contribution in [0.15, 0.2) is 59.8 Å². The fourth-order valence-electron chi connectivity index (χ4n) is 4.64. The van der Waals surface area contributed by atoms with E-state index in [4.69, 9.17) is 0 Å². The van der Waals surface area contributed by atoms with Gasteiger partial charge in [0.1, 0.15) is 22.7 Å². The predicted octanol–water partition coefficient (Wildman–Crippen LogP) is 7.62. The molecule has 0 saturated carbocycles. The number of nitrogens with zero attached hydrogens (tertiary/aromatic N) is 3. The highest BCUT2D eigenvalue weighted by Gasteiger charge is 2.65. The van der Waals surface area contributed by atoms with Gasteiger partial charge in [-0.1, -0.05) is 25.5 Å². The zero-order chi connectivity index (χ0) is 29.8. The Balaban J connectivity index is 1.46. The molecule has 0 bridgehead atoms. The molecule has 2 aromatic heterocycles. The highest BCUT2D eigenvalue weighted by atomic mass is 32.5. The second kappa shape index (κ2) is 9.09. The number of carbonyl (C=O) groups excluding carboxylic acids is 2. The molecular formula is C27H23F6N5O2S. The van der Waals surface area contributed by atoms with Gasteiger partial charge in [-0.3, -0.25) is 9.59 Å². The molecule has 0 atom stereocenters. The van der Waals surface area contributed by atoms with Gasteiger partial charge in [0.05, 0.1) is 5.69 Å². The third-order valence-corrected chi connectivity index (χ3v) is 8.03. The summed E-state index contributed by atoms with van der Waals surface area (Å²) in [5.41, 5.74) is 3.02. The molecule has 0 radical (unpaired) electrons. The molecule has 2 amide bonds. The lowest BCUT2D eigenvalue weighted by molar-refractivity contribution is -0.128. The van der Waals surface area contributed by atoms with Crippen LogP contribution in [0.2, 0.25) is 0 Å². The standard InChI is InChI=1S/C27H23F6N5O2S/c1-15-21(25-22-13-24(36-26(22)35-14-34-25)17-7-9-38(10-8-17)16(2)39)11-19(28)12-23(15)37-27(40)18-3-5-20(6-4-18)41(29,30,31,32)33/h3-7,11-14H,8-10H2,1-2H3,(H,37,40)(H,34,35,36). The molecule has 4 aromatic rings. The fraction of sp³-hybridized carbons (Fsp3) is 0.185. The second-order valence-corrected chi connectivity index (χ2v) is 12.1. The summed E-state index contributed by atoms with van der Waals surface area (Å²) >= 11 is 0. The maximum absolute atomic E-state index is 14.8. The first kappa shape index (κ1) is 28.2. The highest BCUT2D eigenvalue weighted by molar-refractivity contribution is 8.45. The molecular weight excluding hydrogens is 572 g/mol. The van der Waals surface area contributed by atoms with Crippen molar-refractivity contribution in [1.82, 2.24) is 19.9 Å². The molecule has 41 heavy (non-hydrogen) atoms. The van der Waals surface area contributed by atoms with E-state index < -0.39 is 26.8 Å². The van der Waals surface area contributed by atoms with Crippen molar-refractivity contribution in [2.45, 2.75) is 25.2 Å². The molecule has 2 aromatic carbocycles. The van der Waals surface area contributed by atoms with Gasteiger partial charge in [0.2, 0.25) is 5.91 Å². The van der Waals surface area contributed by atoms with Crippen LogP contribution in [0.5, 0.6) is 0 Å². The Morgan fingerprint density at radius 3 is 2.34 bits per heavy atom. The van der Waals surface area contributed by atoms with Gasteiger partial charge >= 0.3 is 10.2 Å². The number of carbonyl (C=O) groups is 2. The number of hydrogen-bond acceptors (Lipinski definition) is 4. The predicted molar refractivity (Wildman–Crippen MR) is 145 cm³/mol. The van der Waals surface area contributed by atoms with Crippen LogP contribution in [0.4, 0.5) is 29.5 Å². The number of benzene rings is 2. The third-order valence-electron chi connectivity index (χ3n) is 6.86. The van der Waals surface area contributed by atoms with Crippen molar-refractivity contribution < 1.29 is 33.4 Å². The van der Waals surface area contributed by atoms with Crippen LogP contribution < -0.4 is 5.32 Å². The van der Waals surface area contributed by atoms with E-state index >= 15 is 0 Å². The van der Waals surface area contributed by atoms with Gasteiger partial charge in [0.25, 0.3) is 5.91 Å². The molecule has 216 valence electrons. The van der Waals surface area contributed by atoms with Crippen LogP contribution in [0.1, 0.15) is 35.0 Å². The van der Waals surface area contributed by atoms with E-state index in [2.05, 4.69) is 20.3 Å². The van der Waals surface area contributed by atoms with E-state index in [-0.39, 0.29) is 29.3 Å². The van der Waals surface area contributed by atoms with E-state index in [0.717, 1.165) is 17.3 Å². The van der Waals surface area contributed by atoms with Gasteiger partial charge in [-0.2, -0.15) is 0 Å². The first-order chi connectivity index (χ1) is 19.0. The van der Waals surface area contributed by atoms with Crippen molar-refractivity contribution in [3.05, 3.63) is 77.5 Å². The number of aromatic nitrogens is 3. The van der Waals surface area contributed by atoms with E-state index in [0.29, 0.717) is 59.5 Å². The number of halogens is 6. The SMILES string of the molecule is CC(=O)N1CC=C(c2cc3c(-c4cc(F)cc(NC(=O)c5ccc(S(F)(F)(F)(F)F)cc5)c4C)ncnc3[nH]2)CC1. The molecule has 0 saturated heterocycles. The van der Waals surface area contributed by atoms with E-state index in [9.17, 15) is 33.4 Å². The first-order valence-corrected chi connectivity index (χ1v) is 14.2. The summed E-state index contributed by atoms with van der Waals surface area (Å²) < 4.78 is 79.9. The molecule has 1 aliphatic heterocycles. The number of anilines is 1. The first-order valence-electron chi connectivity index (χ1n) is 12.2. The number of aromatic amines is 1. The Morgan fingerprint density at radius 1 is 1.02 bits per heavy atom. The number of rotatable bonds is 5. The highest BCUT2D eigenvalue weighted by Crippen LogP contribution is 3.02. The lowest BCUT2D eigenvalue weighted by atomic mass is 10.00. The van der Waals surface area contributed by atoms with E-state index in [1.54, 1.807) is 11.8 Å². The van der Waals surface area contributed by atoms with Crippen molar-refractivity contribution >= 4 is 44.3 Å². The summed E-state index contributed by atoms with van der Waals surface area (Å²) in [6.07, 6.45) is 3.86. The Morgan fingerprint density at radius 2 is 1.73 bits per heavy atom. The number of hydrogen-bond donors (Lipinski definition) is 2. The van der Waals surface area contributed by atoms with Crippen molar-refractivity contribution in [3.8, 4) is 11.3 Å². The Bertz CT molecular complexity index is 1750. The second-order valence-electron chi connectivity index (χ2n) is 9.69.